The molecular weight excluding hydrogens is 365 g/mol. The fourth-order valence-electron chi connectivity index (χ4n) is 2.35. The first-order valence-corrected chi connectivity index (χ1v) is 6.92. The van der Waals surface area contributed by atoms with Crippen LogP contribution >= 0.6 is 24.0 Å². The van der Waals surface area contributed by atoms with Crippen LogP contribution in [-0.4, -0.2) is 35.6 Å². The highest BCUT2D eigenvalue weighted by atomic mass is 127. The molecule has 20 heavy (non-hydrogen) atoms. The van der Waals surface area contributed by atoms with Crippen LogP contribution in [-0.2, 0) is 5.60 Å². The monoisotopic (exact) mass is 389 g/mol. The number of hydrogen-bond donors (Lipinski definition) is 2. The van der Waals surface area contributed by atoms with E-state index in [4.69, 9.17) is 5.73 Å². The van der Waals surface area contributed by atoms with Crippen LogP contribution in [0.3, 0.4) is 0 Å². The molecule has 4 nitrogen and oxygen atoms in total. The average Bonchev–Trinajstić information content (AvgIpc) is 2.47. The molecule has 1 fully saturated rings. The van der Waals surface area contributed by atoms with E-state index in [1.165, 1.54) is 19.3 Å². The lowest BCUT2D eigenvalue weighted by molar-refractivity contribution is 0.0670. The van der Waals surface area contributed by atoms with E-state index in [0.29, 0.717) is 12.5 Å². The Morgan fingerprint density at radius 2 is 1.85 bits per heavy atom. The Hall–Kier alpha value is -0.820. The van der Waals surface area contributed by atoms with Gasteiger partial charge in [0.05, 0.1) is 6.54 Å². The summed E-state index contributed by atoms with van der Waals surface area (Å²) >= 11 is 0. The van der Waals surface area contributed by atoms with Gasteiger partial charge in [0, 0.05) is 13.1 Å². The van der Waals surface area contributed by atoms with Crippen LogP contribution in [0.5, 0.6) is 0 Å². The van der Waals surface area contributed by atoms with Crippen LogP contribution in [0, 0.1) is 0 Å². The minimum atomic E-state index is -0.971. The molecule has 0 amide bonds. The average molecular weight is 389 g/mol. The SMILES string of the molecule is CC(O)(CN=C(N)N1CCCCC1)c1ccccc1.I. The highest BCUT2D eigenvalue weighted by molar-refractivity contribution is 14.0. The highest BCUT2D eigenvalue weighted by Crippen LogP contribution is 2.20. The number of halogens is 1. The first kappa shape index (κ1) is 17.2. The molecule has 1 heterocycles. The van der Waals surface area contributed by atoms with Crippen LogP contribution in [0.15, 0.2) is 35.3 Å². The molecule has 5 heteroatoms. The lowest BCUT2D eigenvalue weighted by atomic mass is 9.96. The van der Waals surface area contributed by atoms with Crippen LogP contribution in [0.4, 0.5) is 0 Å². The number of nitrogens with zero attached hydrogens (tertiary/aromatic N) is 2. The normalized spacial score (nSPS) is 19.1. The van der Waals surface area contributed by atoms with Gasteiger partial charge in [0.2, 0.25) is 0 Å². The van der Waals surface area contributed by atoms with Crippen LogP contribution in [0.2, 0.25) is 0 Å². The van der Waals surface area contributed by atoms with E-state index in [0.717, 1.165) is 18.7 Å². The molecule has 1 aliphatic rings. The first-order valence-electron chi connectivity index (χ1n) is 6.92. The summed E-state index contributed by atoms with van der Waals surface area (Å²) in [6.07, 6.45) is 3.61. The molecule has 1 aromatic rings. The summed E-state index contributed by atoms with van der Waals surface area (Å²) in [5.74, 6) is 0.552. The number of aliphatic hydroxyl groups is 1. The Balaban J connectivity index is 0.00000200. The molecule has 0 aromatic heterocycles. The lowest BCUT2D eigenvalue weighted by Crippen LogP contribution is -2.41. The van der Waals surface area contributed by atoms with Gasteiger partial charge < -0.3 is 15.7 Å². The van der Waals surface area contributed by atoms with E-state index in [1.54, 1.807) is 6.92 Å². The second-order valence-electron chi connectivity index (χ2n) is 5.36. The summed E-state index contributed by atoms with van der Waals surface area (Å²) in [5.41, 5.74) is 5.89. The van der Waals surface area contributed by atoms with E-state index >= 15 is 0 Å². The molecule has 0 spiro atoms. The Morgan fingerprint density at radius 3 is 2.45 bits per heavy atom. The largest absolute Gasteiger partial charge is 0.384 e. The molecule has 2 rings (SSSR count). The van der Waals surface area contributed by atoms with Crippen molar-refractivity contribution in [3.8, 4) is 0 Å². The topological polar surface area (TPSA) is 61.9 Å². The van der Waals surface area contributed by atoms with E-state index < -0.39 is 5.60 Å². The van der Waals surface area contributed by atoms with Crippen molar-refractivity contribution >= 4 is 29.9 Å². The van der Waals surface area contributed by atoms with E-state index in [2.05, 4.69) is 9.89 Å². The molecule has 1 atom stereocenters. The van der Waals surface area contributed by atoms with Crippen molar-refractivity contribution in [1.29, 1.82) is 0 Å². The van der Waals surface area contributed by atoms with Gasteiger partial charge in [-0.3, -0.25) is 0 Å². The summed E-state index contributed by atoms with van der Waals surface area (Å²) in [7, 11) is 0. The van der Waals surface area contributed by atoms with Gasteiger partial charge in [0.1, 0.15) is 5.60 Å². The summed E-state index contributed by atoms with van der Waals surface area (Å²) in [6, 6.07) is 9.59. The molecule has 1 saturated heterocycles. The van der Waals surface area contributed by atoms with Crippen LogP contribution < -0.4 is 5.73 Å². The van der Waals surface area contributed by atoms with Gasteiger partial charge in [-0.1, -0.05) is 30.3 Å². The number of aliphatic imine (C=N–C) groups is 1. The Labute approximate surface area is 138 Å². The van der Waals surface area contributed by atoms with Crippen molar-refractivity contribution < 1.29 is 5.11 Å². The van der Waals surface area contributed by atoms with Gasteiger partial charge in [0.15, 0.2) is 5.96 Å². The maximum absolute atomic E-state index is 10.5. The third-order valence-electron chi connectivity index (χ3n) is 3.62. The van der Waals surface area contributed by atoms with Crippen molar-refractivity contribution in [2.75, 3.05) is 19.6 Å². The standard InChI is InChI=1S/C15H23N3O.HI/c1-15(19,13-8-4-2-5-9-13)12-17-14(16)18-10-6-3-7-11-18;/h2,4-5,8-9,19H,3,6-7,10-12H2,1H3,(H2,16,17);1H. The maximum Gasteiger partial charge on any atom is 0.191 e. The zero-order valence-corrected chi connectivity index (χ0v) is 14.3. The number of benzene rings is 1. The Morgan fingerprint density at radius 1 is 1.25 bits per heavy atom. The fourth-order valence-corrected chi connectivity index (χ4v) is 2.35. The third-order valence-corrected chi connectivity index (χ3v) is 3.62. The molecule has 0 bridgehead atoms. The quantitative estimate of drug-likeness (QED) is 0.474. The highest BCUT2D eigenvalue weighted by Gasteiger charge is 2.23. The summed E-state index contributed by atoms with van der Waals surface area (Å²) in [5, 5.41) is 10.5. The Kier molecular flexibility index (Phi) is 6.75. The molecular formula is C15H24IN3O. The molecule has 0 saturated carbocycles. The number of guanidine groups is 1. The molecule has 3 N–H and O–H groups in total. The molecule has 0 aliphatic carbocycles. The van der Waals surface area contributed by atoms with Crippen LogP contribution in [0.1, 0.15) is 31.7 Å². The number of piperidine rings is 1. The molecule has 1 unspecified atom stereocenters. The number of likely N-dealkylation sites (tertiary alicyclic amines) is 1. The first-order chi connectivity index (χ1) is 9.09. The van der Waals surface area contributed by atoms with Gasteiger partial charge in [-0.05, 0) is 31.7 Å². The van der Waals surface area contributed by atoms with Gasteiger partial charge in [-0.2, -0.15) is 0 Å². The fraction of sp³-hybridized carbons (Fsp3) is 0.533. The van der Waals surface area contributed by atoms with Crippen molar-refractivity contribution in [3.63, 3.8) is 0 Å². The van der Waals surface area contributed by atoms with E-state index in [1.807, 2.05) is 30.3 Å². The minimum Gasteiger partial charge on any atom is -0.384 e. The van der Waals surface area contributed by atoms with Crippen molar-refractivity contribution in [2.45, 2.75) is 31.8 Å². The van der Waals surface area contributed by atoms with Crippen LogP contribution in [0.25, 0.3) is 0 Å². The molecule has 1 aromatic carbocycles. The van der Waals surface area contributed by atoms with Gasteiger partial charge in [-0.15, -0.1) is 24.0 Å². The van der Waals surface area contributed by atoms with E-state index in [-0.39, 0.29) is 24.0 Å². The second kappa shape index (κ2) is 7.83. The smallest absolute Gasteiger partial charge is 0.191 e. The van der Waals surface area contributed by atoms with Crippen molar-refractivity contribution in [3.05, 3.63) is 35.9 Å². The number of nitrogens with two attached hydrogens (primary N) is 1. The number of rotatable bonds is 3. The van der Waals surface area contributed by atoms with Crippen molar-refractivity contribution in [2.24, 2.45) is 10.7 Å². The lowest BCUT2D eigenvalue weighted by Gasteiger charge is -2.28. The molecule has 112 valence electrons. The summed E-state index contributed by atoms with van der Waals surface area (Å²) < 4.78 is 0. The summed E-state index contributed by atoms with van der Waals surface area (Å²) in [6.45, 7) is 4.01. The predicted molar refractivity (Wildman–Crippen MR) is 93.3 cm³/mol. The number of hydrogen-bond acceptors (Lipinski definition) is 2. The zero-order valence-electron chi connectivity index (χ0n) is 12.0. The van der Waals surface area contributed by atoms with E-state index in [9.17, 15) is 5.11 Å². The minimum absolute atomic E-state index is 0. The van der Waals surface area contributed by atoms with Crippen molar-refractivity contribution in [1.82, 2.24) is 4.90 Å². The molecule has 0 radical (unpaired) electrons. The molecule has 1 aliphatic heterocycles. The Bertz CT molecular complexity index is 428. The summed E-state index contributed by atoms with van der Waals surface area (Å²) in [4.78, 5) is 6.47. The van der Waals surface area contributed by atoms with Gasteiger partial charge >= 0.3 is 0 Å². The van der Waals surface area contributed by atoms with Gasteiger partial charge in [0.25, 0.3) is 0 Å². The van der Waals surface area contributed by atoms with Gasteiger partial charge in [-0.25, -0.2) is 4.99 Å². The zero-order chi connectivity index (χ0) is 13.7. The third kappa shape index (κ3) is 4.63. The maximum atomic E-state index is 10.5. The predicted octanol–water partition coefficient (Wildman–Crippen LogP) is 2.31. The second-order valence-corrected chi connectivity index (χ2v) is 5.36.